The van der Waals surface area contributed by atoms with Crippen LogP contribution in [0.5, 0.6) is 0 Å². The van der Waals surface area contributed by atoms with Gasteiger partial charge in [0, 0.05) is 12.8 Å². The molecule has 0 spiro atoms. The molecule has 5 heteroatoms. The first-order valence-corrected chi connectivity index (χ1v) is 7.79. The Labute approximate surface area is 158 Å². The number of rotatable bonds is 4. The van der Waals surface area contributed by atoms with Crippen molar-refractivity contribution in [1.29, 1.82) is 0 Å². The van der Waals surface area contributed by atoms with Gasteiger partial charge in [-0.2, -0.15) is 4.90 Å². The quantitative estimate of drug-likeness (QED) is 0.501. The summed E-state index contributed by atoms with van der Waals surface area (Å²) in [4.78, 5) is 10.1. The predicted octanol–water partition coefficient (Wildman–Crippen LogP) is 4.09. The number of pyridine rings is 2. The van der Waals surface area contributed by atoms with Crippen LogP contribution in [0.25, 0.3) is 11.3 Å². The smallest absolute Gasteiger partial charge is 0.779 e. The van der Waals surface area contributed by atoms with Crippen molar-refractivity contribution in [3.63, 3.8) is 0 Å². The maximum atomic E-state index is 5.65. The Morgan fingerprint density at radius 2 is 1.54 bits per heavy atom. The number of methoxy groups -OCH3 is 1. The second-order valence-corrected chi connectivity index (χ2v) is 5.70. The second-order valence-electron chi connectivity index (χ2n) is 5.26. The van der Waals surface area contributed by atoms with Gasteiger partial charge in [-0.1, -0.05) is 36.4 Å². The summed E-state index contributed by atoms with van der Waals surface area (Å²) in [5, 5.41) is 0. The topological polar surface area (TPSA) is 35.0 Å². The molecule has 0 fully saturated rings. The van der Waals surface area contributed by atoms with E-state index in [1.54, 1.807) is 7.11 Å². The Morgan fingerprint density at radius 1 is 0.875 bits per heavy atom. The van der Waals surface area contributed by atoms with E-state index >= 15 is 0 Å². The van der Waals surface area contributed by atoms with Gasteiger partial charge in [-0.15, -0.1) is 0 Å². The van der Waals surface area contributed by atoms with Crippen molar-refractivity contribution in [3.05, 3.63) is 77.7 Å². The zero-order valence-electron chi connectivity index (χ0n) is 13.4. The van der Waals surface area contributed by atoms with Crippen LogP contribution in [0, 0.1) is 6.92 Å². The van der Waals surface area contributed by atoms with Gasteiger partial charge < -0.3 is 17.4 Å². The van der Waals surface area contributed by atoms with E-state index in [9.17, 15) is 0 Å². The number of aromatic nitrogens is 2. The molecule has 2 aromatic heterocycles. The monoisotopic (exact) mass is 384 g/mol. The fourth-order valence-electron chi connectivity index (χ4n) is 2.53. The molecule has 2 heterocycles. The van der Waals surface area contributed by atoms with Crippen molar-refractivity contribution in [2.45, 2.75) is 17.9 Å². The van der Waals surface area contributed by atoms with E-state index in [4.69, 9.17) is 22.3 Å². The number of nitrogens with zero attached hydrogens (tertiary/aromatic N) is 2. The third-order valence-corrected chi connectivity index (χ3v) is 3.97. The molecular weight excluding hydrogens is 368 g/mol. The third-order valence-electron chi connectivity index (χ3n) is 3.62. The first kappa shape index (κ1) is 18.6. The van der Waals surface area contributed by atoms with Crippen LogP contribution in [0.4, 0.5) is 0 Å². The number of benzene rings is 1. The molecule has 0 aliphatic rings. The van der Waals surface area contributed by atoms with Gasteiger partial charge in [-0.25, -0.2) is 4.98 Å². The molecule has 0 saturated heterocycles. The van der Waals surface area contributed by atoms with E-state index in [1.807, 2.05) is 67.6 Å². The van der Waals surface area contributed by atoms with Crippen molar-refractivity contribution in [2.24, 2.45) is 0 Å². The number of aryl methyl sites for hydroxylation is 1. The van der Waals surface area contributed by atoms with Crippen LogP contribution in [0.3, 0.4) is 0 Å². The molecule has 0 N–H and O–H groups in total. The van der Waals surface area contributed by atoms with Crippen molar-refractivity contribution in [1.82, 2.24) is 9.97 Å². The molecule has 126 valence electrons. The van der Waals surface area contributed by atoms with Gasteiger partial charge in [-0.3, -0.25) is 4.98 Å². The van der Waals surface area contributed by atoms with Gasteiger partial charge in [-0.05, 0) is 36.8 Å². The molecule has 3 rings (SSSR count). The zero-order valence-corrected chi connectivity index (χ0v) is 15.1. The van der Waals surface area contributed by atoms with Crippen LogP contribution in [-0.2, 0) is 34.4 Å². The van der Waals surface area contributed by atoms with E-state index < -0.39 is 0 Å². The maximum Gasteiger partial charge on any atom is 1.00 e. The standard InChI is InChI=1S/C19H18N2OS.Cu/c1-13-7-5-10-16(20-13)19(22-2)17-11-6-9-15(21-17)14-8-3-4-12-18(14)23;/h3-12,19,23H,1-2H3;/q;+1/p-1. The molecule has 0 aliphatic heterocycles. The largest absolute Gasteiger partial charge is 1.00 e. The molecule has 0 saturated carbocycles. The van der Waals surface area contributed by atoms with Crippen LogP contribution in [0.15, 0.2) is 65.6 Å². The summed E-state index contributed by atoms with van der Waals surface area (Å²) in [5.74, 6) is 0. The van der Waals surface area contributed by atoms with E-state index in [1.165, 1.54) is 0 Å². The molecular formula is C19H17CuN2OS. The Bertz CT molecular complexity index is 826. The minimum absolute atomic E-state index is 0. The van der Waals surface area contributed by atoms with Crippen LogP contribution < -0.4 is 0 Å². The summed E-state index contributed by atoms with van der Waals surface area (Å²) in [5.41, 5.74) is 4.43. The molecule has 0 aliphatic carbocycles. The second kappa shape index (κ2) is 8.36. The van der Waals surface area contributed by atoms with Gasteiger partial charge in [0.05, 0.1) is 17.1 Å². The summed E-state index contributed by atoms with van der Waals surface area (Å²) in [6.45, 7) is 1.97. The van der Waals surface area contributed by atoms with Gasteiger partial charge in [0.1, 0.15) is 6.10 Å². The molecule has 0 radical (unpaired) electrons. The van der Waals surface area contributed by atoms with Crippen LogP contribution >= 0.6 is 0 Å². The molecule has 0 amide bonds. The van der Waals surface area contributed by atoms with Crippen molar-refractivity contribution in [2.75, 3.05) is 7.11 Å². The van der Waals surface area contributed by atoms with E-state index in [0.29, 0.717) is 0 Å². The fraction of sp³-hybridized carbons (Fsp3) is 0.158. The molecule has 1 atom stereocenters. The summed E-state index contributed by atoms with van der Waals surface area (Å²) in [6, 6.07) is 19.6. The third kappa shape index (κ3) is 4.00. The molecule has 0 bridgehead atoms. The van der Waals surface area contributed by atoms with Gasteiger partial charge in [0.25, 0.3) is 0 Å². The van der Waals surface area contributed by atoms with E-state index in [0.717, 1.165) is 33.2 Å². The zero-order chi connectivity index (χ0) is 16.2. The number of hydrogen-bond donors (Lipinski definition) is 0. The number of hydrogen-bond acceptors (Lipinski definition) is 4. The summed E-state index contributed by atoms with van der Waals surface area (Å²) < 4.78 is 5.65. The minimum Gasteiger partial charge on any atom is -0.779 e. The normalized spacial score (nSPS) is 11.6. The Hall–Kier alpha value is -1.78. The first-order chi connectivity index (χ1) is 11.2. The Kier molecular flexibility index (Phi) is 6.46. The summed E-state index contributed by atoms with van der Waals surface area (Å²) >= 11 is 5.40. The van der Waals surface area contributed by atoms with Crippen molar-refractivity contribution in [3.8, 4) is 11.3 Å². The predicted molar refractivity (Wildman–Crippen MR) is 93.1 cm³/mol. The van der Waals surface area contributed by atoms with Crippen molar-refractivity contribution < 1.29 is 21.8 Å². The summed E-state index contributed by atoms with van der Waals surface area (Å²) in [7, 11) is 1.67. The van der Waals surface area contributed by atoms with Gasteiger partial charge in [0.2, 0.25) is 0 Å². The molecule has 1 unspecified atom stereocenters. The Balaban J connectivity index is 0.00000208. The van der Waals surface area contributed by atoms with E-state index in [-0.39, 0.29) is 23.2 Å². The first-order valence-electron chi connectivity index (χ1n) is 7.39. The van der Waals surface area contributed by atoms with Crippen LogP contribution in [0.2, 0.25) is 0 Å². The van der Waals surface area contributed by atoms with Gasteiger partial charge in [0.15, 0.2) is 0 Å². The fourth-order valence-corrected chi connectivity index (χ4v) is 2.78. The average molecular weight is 385 g/mol. The summed E-state index contributed by atoms with van der Waals surface area (Å²) in [6.07, 6.45) is -0.299. The van der Waals surface area contributed by atoms with Crippen LogP contribution in [0.1, 0.15) is 23.2 Å². The maximum absolute atomic E-state index is 5.65. The SMILES string of the molecule is COC(c1cccc(C)n1)c1cccc(-c2ccccc2[S-])n1.[Cu+]. The minimum atomic E-state index is -0.299. The Morgan fingerprint density at radius 3 is 2.21 bits per heavy atom. The molecule has 3 aromatic rings. The van der Waals surface area contributed by atoms with E-state index in [2.05, 4.69) is 4.98 Å². The molecule has 1 aromatic carbocycles. The number of ether oxygens (including phenoxy) is 1. The van der Waals surface area contributed by atoms with Gasteiger partial charge >= 0.3 is 17.1 Å². The average Bonchev–Trinajstić information content (AvgIpc) is 2.56. The van der Waals surface area contributed by atoms with Crippen molar-refractivity contribution >= 4 is 12.6 Å². The van der Waals surface area contributed by atoms with Crippen LogP contribution in [-0.4, -0.2) is 17.1 Å². The molecule has 3 nitrogen and oxygen atoms in total. The molecule has 24 heavy (non-hydrogen) atoms.